The van der Waals surface area contributed by atoms with Gasteiger partial charge >= 0.3 is 5.63 Å². The summed E-state index contributed by atoms with van der Waals surface area (Å²) in [5, 5.41) is 3.21. The van der Waals surface area contributed by atoms with Gasteiger partial charge in [0.25, 0.3) is 0 Å². The molecule has 0 N–H and O–H groups in total. The van der Waals surface area contributed by atoms with Crippen LogP contribution in [-0.4, -0.2) is 25.2 Å². The van der Waals surface area contributed by atoms with E-state index < -0.39 is 0 Å². The first-order chi connectivity index (χ1) is 15.8. The van der Waals surface area contributed by atoms with Crippen molar-refractivity contribution < 1.29 is 8.83 Å². The molecular weight excluding hydrogens is 412 g/mol. The van der Waals surface area contributed by atoms with E-state index in [0.29, 0.717) is 16.6 Å². The summed E-state index contributed by atoms with van der Waals surface area (Å²) in [6, 6.07) is 12.2. The monoisotopic (exact) mass is 443 g/mol. The molecule has 5 rings (SSSR count). The van der Waals surface area contributed by atoms with Crippen LogP contribution in [-0.2, 0) is 0 Å². The van der Waals surface area contributed by atoms with Crippen molar-refractivity contribution in [3.05, 3.63) is 63.8 Å². The van der Waals surface area contributed by atoms with E-state index in [1.165, 1.54) is 11.1 Å². The smallest absolute Gasteiger partial charge is 0.347 e. The summed E-state index contributed by atoms with van der Waals surface area (Å²) in [6.07, 6.45) is 2.30. The minimum Gasteiger partial charge on any atom is -0.455 e. The maximum Gasteiger partial charge on any atom is 0.347 e. The van der Waals surface area contributed by atoms with Crippen molar-refractivity contribution in [2.45, 2.75) is 47.1 Å². The predicted molar refractivity (Wildman–Crippen MR) is 137 cm³/mol. The summed E-state index contributed by atoms with van der Waals surface area (Å²) in [4.78, 5) is 15.3. The molecule has 5 nitrogen and oxygen atoms in total. The largest absolute Gasteiger partial charge is 0.455 e. The minimum absolute atomic E-state index is 0.0784. The number of fused-ring (bicyclic) bond motifs is 5. The first-order valence-corrected chi connectivity index (χ1v) is 11.8. The fraction of sp³-hybridized carbons (Fsp3) is 0.357. The van der Waals surface area contributed by atoms with E-state index in [9.17, 15) is 4.79 Å². The molecule has 3 heterocycles. The van der Waals surface area contributed by atoms with Crippen LogP contribution < -0.4 is 20.5 Å². The third kappa shape index (κ3) is 3.29. The van der Waals surface area contributed by atoms with Crippen LogP contribution in [0.1, 0.15) is 47.1 Å². The number of hydrogen-bond donors (Lipinski definition) is 0. The second-order valence-corrected chi connectivity index (χ2v) is 9.36. The Balaban J connectivity index is 1.84. The Morgan fingerprint density at radius 2 is 1.70 bits per heavy atom. The normalized spacial score (nSPS) is 15.2. The lowest BCUT2D eigenvalue weighted by molar-refractivity contribution is 0.560. The zero-order chi connectivity index (χ0) is 23.5. The quantitative estimate of drug-likeness (QED) is 0.181. The van der Waals surface area contributed by atoms with Gasteiger partial charge in [0.05, 0.1) is 17.0 Å². The lowest BCUT2D eigenvalue weighted by Gasteiger charge is -2.42. The van der Waals surface area contributed by atoms with Crippen LogP contribution in [0.15, 0.2) is 56.1 Å². The maximum atomic E-state index is 12.9. The molecule has 1 aliphatic heterocycles. The number of allylic oxidation sites excluding steroid dienone is 1. The summed E-state index contributed by atoms with van der Waals surface area (Å²) in [5.41, 5.74) is 5.01. The highest BCUT2D eigenvalue weighted by Gasteiger charge is 2.30. The Morgan fingerprint density at radius 3 is 2.39 bits per heavy atom. The van der Waals surface area contributed by atoms with Crippen molar-refractivity contribution in [1.82, 2.24) is 4.58 Å². The zero-order valence-corrected chi connectivity index (χ0v) is 20.3. The van der Waals surface area contributed by atoms with Crippen LogP contribution in [0.4, 0.5) is 5.69 Å². The lowest BCUT2D eigenvalue weighted by Crippen LogP contribution is -2.44. The number of nitrogens with zero attached hydrogens (tertiary/aromatic N) is 2. The van der Waals surface area contributed by atoms with E-state index in [0.717, 1.165) is 47.0 Å². The van der Waals surface area contributed by atoms with Crippen molar-refractivity contribution >= 4 is 44.2 Å². The van der Waals surface area contributed by atoms with Crippen molar-refractivity contribution in [3.8, 4) is 0 Å². The predicted octanol–water partition coefficient (Wildman–Crippen LogP) is 5.53. The average Bonchev–Trinajstić information content (AvgIpc) is 2.77. The first kappa shape index (κ1) is 21.5. The van der Waals surface area contributed by atoms with Crippen LogP contribution in [0.5, 0.6) is 0 Å². The summed E-state index contributed by atoms with van der Waals surface area (Å²) < 4.78 is 14.4. The third-order valence-corrected chi connectivity index (χ3v) is 6.94. The average molecular weight is 444 g/mol. The summed E-state index contributed by atoms with van der Waals surface area (Å²) in [7, 11) is 0. The number of rotatable bonds is 3. The molecule has 2 aromatic carbocycles. The van der Waals surface area contributed by atoms with Crippen LogP contribution in [0.3, 0.4) is 0 Å². The Bertz CT molecular complexity index is 1580. The summed E-state index contributed by atoms with van der Waals surface area (Å²) >= 11 is 0. The van der Waals surface area contributed by atoms with Gasteiger partial charge in [0.15, 0.2) is 5.58 Å². The van der Waals surface area contributed by atoms with Crippen LogP contribution in [0, 0.1) is 0 Å². The molecule has 0 aliphatic carbocycles. The lowest BCUT2D eigenvalue weighted by atomic mass is 9.88. The fourth-order valence-corrected chi connectivity index (χ4v) is 5.36. The Labute approximate surface area is 193 Å². The van der Waals surface area contributed by atoms with Gasteiger partial charge in [-0.2, -0.15) is 0 Å². The maximum absolute atomic E-state index is 12.9. The number of hydrogen-bond acceptors (Lipinski definition) is 4. The number of benzene rings is 2. The molecule has 0 saturated heterocycles. The van der Waals surface area contributed by atoms with Gasteiger partial charge < -0.3 is 13.7 Å². The van der Waals surface area contributed by atoms with Crippen molar-refractivity contribution in [2.24, 2.45) is 0 Å². The molecule has 1 aliphatic rings. The van der Waals surface area contributed by atoms with Crippen LogP contribution >= 0.6 is 0 Å². The van der Waals surface area contributed by atoms with Gasteiger partial charge in [-0.15, -0.1) is 0 Å². The second-order valence-electron chi connectivity index (χ2n) is 9.36. The molecule has 33 heavy (non-hydrogen) atoms. The van der Waals surface area contributed by atoms with Gasteiger partial charge in [-0.25, -0.2) is 9.37 Å². The topological polar surface area (TPSA) is 49.6 Å². The van der Waals surface area contributed by atoms with Gasteiger partial charge in [0, 0.05) is 35.3 Å². The summed E-state index contributed by atoms with van der Waals surface area (Å²) in [5.74, 6) is 0. The highest BCUT2D eigenvalue weighted by Crippen LogP contribution is 2.41. The number of likely N-dealkylation sites (N-methyl/N-ethyl adjacent to an activating group) is 1. The Morgan fingerprint density at radius 1 is 0.939 bits per heavy atom. The SMILES string of the molecule is CCN1c2cc3oc4c(cc3cc2C(C)=CC1(C)C)c(=O)oc1cc(=[N+](CC)CC)ccc14. The molecule has 0 saturated carbocycles. The molecule has 5 heteroatoms. The highest BCUT2D eigenvalue weighted by atomic mass is 16.4. The number of anilines is 1. The molecule has 0 radical (unpaired) electrons. The van der Waals surface area contributed by atoms with Crippen molar-refractivity contribution in [1.29, 1.82) is 0 Å². The molecule has 0 atom stereocenters. The molecule has 0 bridgehead atoms. The van der Waals surface area contributed by atoms with E-state index >= 15 is 0 Å². The zero-order valence-electron chi connectivity index (χ0n) is 20.3. The van der Waals surface area contributed by atoms with Gasteiger partial charge in [0.2, 0.25) is 5.36 Å². The molecule has 0 amide bonds. The van der Waals surface area contributed by atoms with Crippen molar-refractivity contribution in [2.75, 3.05) is 24.5 Å². The highest BCUT2D eigenvalue weighted by molar-refractivity contribution is 6.04. The first-order valence-electron chi connectivity index (χ1n) is 11.8. The fourth-order valence-electron chi connectivity index (χ4n) is 5.36. The van der Waals surface area contributed by atoms with Gasteiger partial charge in [-0.05, 0) is 65.3 Å². The molecule has 0 fully saturated rings. The van der Waals surface area contributed by atoms with Crippen molar-refractivity contribution in [3.63, 3.8) is 0 Å². The van der Waals surface area contributed by atoms with Gasteiger partial charge in [-0.1, -0.05) is 6.08 Å². The standard InChI is InChI=1S/C28H31N2O3/c1-7-29(8-2)19-10-11-20-25(14-19)33-27(31)22-13-18-12-21-17(4)16-28(5,6)30(9-3)23(21)15-24(18)32-26(20)22/h10-16H,7-9H2,1-6H3/q+1. The molecular formula is C28H31N2O3+. The Kier molecular flexibility index (Phi) is 4.96. The molecule has 2 aromatic heterocycles. The van der Waals surface area contributed by atoms with Gasteiger partial charge in [-0.3, -0.25) is 0 Å². The summed E-state index contributed by atoms with van der Waals surface area (Å²) in [6.45, 7) is 15.7. The van der Waals surface area contributed by atoms with Crippen LogP contribution in [0.2, 0.25) is 0 Å². The van der Waals surface area contributed by atoms with Gasteiger partial charge in [0.1, 0.15) is 29.6 Å². The second kappa shape index (κ2) is 7.62. The molecule has 0 unspecified atom stereocenters. The van der Waals surface area contributed by atoms with Crippen LogP contribution in [0.25, 0.3) is 38.5 Å². The van der Waals surface area contributed by atoms with E-state index in [2.05, 4.69) is 75.3 Å². The molecule has 170 valence electrons. The van der Waals surface area contributed by atoms with E-state index in [4.69, 9.17) is 8.83 Å². The van der Waals surface area contributed by atoms with E-state index in [1.807, 2.05) is 18.2 Å². The van der Waals surface area contributed by atoms with E-state index in [1.54, 1.807) is 0 Å². The minimum atomic E-state index is -0.374. The van der Waals surface area contributed by atoms with E-state index in [-0.39, 0.29) is 11.2 Å². The molecule has 4 aromatic rings. The molecule has 0 spiro atoms. The Hall–Kier alpha value is -3.34. The third-order valence-electron chi connectivity index (χ3n) is 6.94.